The van der Waals surface area contributed by atoms with E-state index in [1.165, 1.54) is 4.90 Å². The van der Waals surface area contributed by atoms with Crippen LogP contribution in [0.25, 0.3) is 0 Å². The van der Waals surface area contributed by atoms with Crippen molar-refractivity contribution in [3.8, 4) is 6.07 Å². The maximum atomic E-state index is 13.0. The van der Waals surface area contributed by atoms with Crippen LogP contribution in [0.5, 0.6) is 0 Å². The molecule has 1 heterocycles. The minimum atomic E-state index is -1.19. The van der Waals surface area contributed by atoms with Crippen LogP contribution in [0.2, 0.25) is 0 Å². The molecule has 2 N–H and O–H groups in total. The number of rotatable bonds is 9. The van der Waals surface area contributed by atoms with Crippen LogP contribution in [0, 0.1) is 11.3 Å². The third kappa shape index (κ3) is 4.40. The number of carbonyl (C=O) groups excluding carboxylic acids is 1. The molecule has 0 aromatic heterocycles. The number of quaternary nitrogens is 1. The number of hydrogen-bond donors (Lipinski definition) is 2. The Balaban J connectivity index is 2.07. The lowest BCUT2D eigenvalue weighted by molar-refractivity contribution is -0.782. The van der Waals surface area contributed by atoms with Crippen LogP contribution < -0.4 is 0 Å². The first-order valence-electron chi connectivity index (χ1n) is 8.98. The van der Waals surface area contributed by atoms with Gasteiger partial charge in [-0.05, 0) is 12.8 Å². The summed E-state index contributed by atoms with van der Waals surface area (Å²) in [5.41, 5.74) is 0.776. The standard InChI is InChI=1S/C19H25N3O4/c20-11-7-2-1-3-8-12-21-17(15-23)14-22(18(21)24,19(25)26)13-16-9-5-4-6-10-16/h4-6,9-10,17,23H,1-3,7-8,12-15H2/p+1/t17-,22?/m1/s1. The van der Waals surface area contributed by atoms with E-state index >= 15 is 0 Å². The molecule has 0 aliphatic carbocycles. The Kier molecular flexibility index (Phi) is 7.13. The lowest BCUT2D eigenvalue weighted by Crippen LogP contribution is -2.54. The molecule has 1 aliphatic heterocycles. The lowest BCUT2D eigenvalue weighted by atomic mass is 10.1. The molecular weight excluding hydrogens is 334 g/mol. The Bertz CT molecular complexity index is 658. The predicted molar refractivity (Wildman–Crippen MR) is 95.0 cm³/mol. The number of amides is 3. The van der Waals surface area contributed by atoms with Gasteiger partial charge in [0, 0.05) is 18.5 Å². The molecule has 1 aromatic rings. The highest BCUT2D eigenvalue weighted by Crippen LogP contribution is 2.29. The number of nitrogens with zero attached hydrogens (tertiary/aromatic N) is 3. The molecule has 7 heteroatoms. The van der Waals surface area contributed by atoms with Gasteiger partial charge in [-0.15, -0.1) is 4.48 Å². The number of unbranched alkanes of at least 4 members (excludes halogenated alkanes) is 4. The van der Waals surface area contributed by atoms with Crippen LogP contribution in [-0.4, -0.2) is 57.5 Å². The van der Waals surface area contributed by atoms with Crippen molar-refractivity contribution in [3.63, 3.8) is 0 Å². The number of benzene rings is 1. The Labute approximate surface area is 153 Å². The number of hydrogen-bond acceptors (Lipinski definition) is 4. The Morgan fingerprint density at radius 2 is 1.92 bits per heavy atom. The number of carboxylic acid groups (broad SMARTS) is 1. The van der Waals surface area contributed by atoms with E-state index in [0.29, 0.717) is 13.0 Å². The number of imide groups is 1. The first kappa shape index (κ1) is 19.9. The van der Waals surface area contributed by atoms with Gasteiger partial charge in [0.2, 0.25) is 0 Å². The number of aliphatic hydroxyl groups is 1. The monoisotopic (exact) mass is 360 g/mol. The first-order valence-corrected chi connectivity index (χ1v) is 8.98. The number of urea groups is 1. The highest BCUT2D eigenvalue weighted by Gasteiger charge is 2.57. The van der Waals surface area contributed by atoms with Crippen LogP contribution in [0.1, 0.15) is 37.7 Å². The SMILES string of the molecule is N#CCCCCCCN1C(=O)[N+](Cc2ccccc2)(C(=O)O)C[C@@H]1CO. The van der Waals surface area contributed by atoms with Crippen molar-refractivity contribution >= 4 is 12.1 Å². The molecule has 2 rings (SSSR count). The summed E-state index contributed by atoms with van der Waals surface area (Å²) in [6.45, 7) is 0.319. The van der Waals surface area contributed by atoms with Crippen molar-refractivity contribution in [1.82, 2.24) is 4.90 Å². The number of aliphatic hydroxyl groups excluding tert-OH is 1. The molecule has 0 bridgehead atoms. The molecule has 0 spiro atoms. The second-order valence-electron chi connectivity index (χ2n) is 6.71. The van der Waals surface area contributed by atoms with Crippen LogP contribution in [0.3, 0.4) is 0 Å². The summed E-state index contributed by atoms with van der Waals surface area (Å²) in [5, 5.41) is 28.0. The van der Waals surface area contributed by atoms with Gasteiger partial charge < -0.3 is 10.2 Å². The highest BCUT2D eigenvalue weighted by atomic mass is 16.4. The van der Waals surface area contributed by atoms with Gasteiger partial charge in [0.05, 0.1) is 12.7 Å². The highest BCUT2D eigenvalue weighted by molar-refractivity contribution is 5.81. The van der Waals surface area contributed by atoms with E-state index in [0.717, 1.165) is 31.2 Å². The molecule has 140 valence electrons. The zero-order valence-corrected chi connectivity index (χ0v) is 14.9. The normalized spacial score (nSPS) is 22.4. The fourth-order valence-electron chi connectivity index (χ4n) is 3.47. The van der Waals surface area contributed by atoms with Crippen molar-refractivity contribution in [2.24, 2.45) is 0 Å². The van der Waals surface area contributed by atoms with Crippen molar-refractivity contribution in [3.05, 3.63) is 35.9 Å². The first-order chi connectivity index (χ1) is 12.5. The molecule has 7 nitrogen and oxygen atoms in total. The Morgan fingerprint density at radius 3 is 2.54 bits per heavy atom. The summed E-state index contributed by atoms with van der Waals surface area (Å²) >= 11 is 0. The molecule has 0 radical (unpaired) electrons. The van der Waals surface area contributed by atoms with E-state index in [1.807, 2.05) is 30.3 Å². The summed E-state index contributed by atoms with van der Waals surface area (Å²) in [4.78, 5) is 26.5. The zero-order valence-electron chi connectivity index (χ0n) is 14.9. The van der Waals surface area contributed by atoms with Crippen molar-refractivity contribution in [2.75, 3.05) is 19.7 Å². The maximum Gasteiger partial charge on any atom is 0.523 e. The molecule has 1 unspecified atom stereocenters. The van der Waals surface area contributed by atoms with Gasteiger partial charge in [0.1, 0.15) is 19.1 Å². The second-order valence-corrected chi connectivity index (χ2v) is 6.71. The predicted octanol–water partition coefficient (Wildman–Crippen LogP) is 2.95. The van der Waals surface area contributed by atoms with E-state index in [4.69, 9.17) is 5.26 Å². The molecule has 1 saturated heterocycles. The second kappa shape index (κ2) is 9.32. The molecule has 26 heavy (non-hydrogen) atoms. The van der Waals surface area contributed by atoms with Gasteiger partial charge in [0.15, 0.2) is 0 Å². The van der Waals surface area contributed by atoms with Gasteiger partial charge in [-0.3, -0.25) is 4.90 Å². The summed E-state index contributed by atoms with van der Waals surface area (Å²) in [5.74, 6) is 0. The largest absolute Gasteiger partial charge is 0.523 e. The van der Waals surface area contributed by atoms with Crippen molar-refractivity contribution in [1.29, 1.82) is 5.26 Å². The van der Waals surface area contributed by atoms with E-state index in [2.05, 4.69) is 6.07 Å². The van der Waals surface area contributed by atoms with E-state index in [-0.39, 0.29) is 19.7 Å². The van der Waals surface area contributed by atoms with E-state index < -0.39 is 22.6 Å². The average molecular weight is 360 g/mol. The van der Waals surface area contributed by atoms with E-state index in [1.54, 1.807) is 0 Å². The summed E-state index contributed by atoms with van der Waals surface area (Å²) in [6.07, 6.45) is 2.68. The maximum absolute atomic E-state index is 13.0. The molecule has 0 saturated carbocycles. The van der Waals surface area contributed by atoms with Crippen LogP contribution in [0.15, 0.2) is 30.3 Å². The molecular formula is C19H26N3O4+. The minimum absolute atomic E-state index is 0.0635. The van der Waals surface area contributed by atoms with Crippen LogP contribution in [-0.2, 0) is 6.54 Å². The van der Waals surface area contributed by atoms with Crippen LogP contribution in [0.4, 0.5) is 9.59 Å². The summed E-state index contributed by atoms with van der Waals surface area (Å²) in [6, 6.07) is 10.2. The van der Waals surface area contributed by atoms with Crippen LogP contribution >= 0.6 is 0 Å². The topological polar surface area (TPSA) is 102 Å². The molecule has 3 amide bonds. The third-order valence-electron chi connectivity index (χ3n) is 4.88. The summed E-state index contributed by atoms with van der Waals surface area (Å²) in [7, 11) is 0. The quantitative estimate of drug-likeness (QED) is 0.521. The average Bonchev–Trinajstić information content (AvgIpc) is 2.92. The number of carbonyl (C=O) groups is 2. The third-order valence-corrected chi connectivity index (χ3v) is 4.88. The Morgan fingerprint density at radius 1 is 1.23 bits per heavy atom. The summed E-state index contributed by atoms with van der Waals surface area (Å²) < 4.78 is -0.705. The minimum Gasteiger partial charge on any atom is -0.435 e. The molecule has 2 atom stereocenters. The fraction of sp³-hybridized carbons (Fsp3) is 0.526. The number of nitriles is 1. The van der Waals surface area contributed by atoms with Gasteiger partial charge in [-0.1, -0.05) is 43.2 Å². The fourth-order valence-corrected chi connectivity index (χ4v) is 3.47. The van der Waals surface area contributed by atoms with Gasteiger partial charge in [-0.25, -0.2) is 4.79 Å². The van der Waals surface area contributed by atoms with Crippen molar-refractivity contribution < 1.29 is 24.3 Å². The molecule has 1 fully saturated rings. The molecule has 1 aromatic carbocycles. The van der Waals surface area contributed by atoms with Crippen molar-refractivity contribution in [2.45, 2.75) is 44.7 Å². The molecule has 1 aliphatic rings. The lowest BCUT2D eigenvalue weighted by Gasteiger charge is -2.24. The van der Waals surface area contributed by atoms with Gasteiger partial charge in [0.25, 0.3) is 0 Å². The van der Waals surface area contributed by atoms with Gasteiger partial charge in [-0.2, -0.15) is 10.1 Å². The van der Waals surface area contributed by atoms with E-state index in [9.17, 15) is 19.8 Å². The Hall–Kier alpha value is -2.43. The zero-order chi connectivity index (χ0) is 19.0. The van der Waals surface area contributed by atoms with Gasteiger partial charge >= 0.3 is 12.1 Å². The smallest absolute Gasteiger partial charge is 0.435 e.